The van der Waals surface area contributed by atoms with E-state index in [4.69, 9.17) is 4.74 Å². The molecule has 1 N–H and O–H groups in total. The number of methoxy groups -OCH3 is 1. The fraction of sp³-hybridized carbons (Fsp3) is 1.00. The van der Waals surface area contributed by atoms with Gasteiger partial charge in [-0.3, -0.25) is 4.90 Å². The highest BCUT2D eigenvalue weighted by Gasteiger charge is 2.30. The zero-order valence-electron chi connectivity index (χ0n) is 12.3. The maximum Gasteiger partial charge on any atom is 0.0777 e. The first kappa shape index (κ1) is 14.9. The Morgan fingerprint density at radius 2 is 2.12 bits per heavy atom. The summed E-state index contributed by atoms with van der Waals surface area (Å²) in [7, 11) is 1.84. The predicted molar refractivity (Wildman–Crippen MR) is 73.5 cm³/mol. The molecule has 0 bridgehead atoms. The van der Waals surface area contributed by atoms with Crippen LogP contribution in [0.25, 0.3) is 0 Å². The van der Waals surface area contributed by atoms with Crippen LogP contribution in [0.5, 0.6) is 0 Å². The molecule has 0 aromatic carbocycles. The van der Waals surface area contributed by atoms with Gasteiger partial charge in [0.15, 0.2) is 0 Å². The molecule has 17 heavy (non-hydrogen) atoms. The first-order chi connectivity index (χ1) is 7.91. The third kappa shape index (κ3) is 4.94. The van der Waals surface area contributed by atoms with Gasteiger partial charge < -0.3 is 10.1 Å². The summed E-state index contributed by atoms with van der Waals surface area (Å²) in [4.78, 5) is 2.52. The largest absolute Gasteiger partial charge is 0.377 e. The van der Waals surface area contributed by atoms with Crippen molar-refractivity contribution in [2.75, 3.05) is 33.3 Å². The van der Waals surface area contributed by atoms with Crippen molar-refractivity contribution in [3.8, 4) is 0 Å². The fourth-order valence-electron chi connectivity index (χ4n) is 2.34. The van der Waals surface area contributed by atoms with Crippen LogP contribution in [0.2, 0.25) is 0 Å². The maximum absolute atomic E-state index is 5.62. The topological polar surface area (TPSA) is 24.5 Å². The molecule has 0 aliphatic carbocycles. The SMILES string of the molecule is CCC(C)(C)NCCN1CCCC(C)(OC)C1. The Morgan fingerprint density at radius 3 is 2.71 bits per heavy atom. The zero-order chi connectivity index (χ0) is 12.9. The first-order valence-electron chi connectivity index (χ1n) is 6.93. The van der Waals surface area contributed by atoms with E-state index in [1.807, 2.05) is 7.11 Å². The summed E-state index contributed by atoms with van der Waals surface area (Å²) >= 11 is 0. The average molecular weight is 242 g/mol. The molecule has 1 fully saturated rings. The molecule has 0 saturated carbocycles. The van der Waals surface area contributed by atoms with Gasteiger partial charge in [0.2, 0.25) is 0 Å². The molecule has 1 heterocycles. The first-order valence-corrected chi connectivity index (χ1v) is 6.93. The zero-order valence-corrected chi connectivity index (χ0v) is 12.3. The lowest BCUT2D eigenvalue weighted by Crippen LogP contribution is -2.50. The number of piperidine rings is 1. The highest BCUT2D eigenvalue weighted by Crippen LogP contribution is 2.23. The smallest absolute Gasteiger partial charge is 0.0777 e. The van der Waals surface area contributed by atoms with Crippen molar-refractivity contribution in [2.45, 2.75) is 58.1 Å². The summed E-state index contributed by atoms with van der Waals surface area (Å²) in [6, 6.07) is 0. The Morgan fingerprint density at radius 1 is 1.41 bits per heavy atom. The average Bonchev–Trinajstić information content (AvgIpc) is 2.29. The van der Waals surface area contributed by atoms with Gasteiger partial charge in [0, 0.05) is 32.3 Å². The van der Waals surface area contributed by atoms with Crippen molar-refractivity contribution in [3.63, 3.8) is 0 Å². The van der Waals surface area contributed by atoms with E-state index in [0.717, 1.165) is 19.6 Å². The molecule has 0 radical (unpaired) electrons. The molecular weight excluding hydrogens is 212 g/mol. The molecular formula is C14H30N2O. The number of hydrogen-bond donors (Lipinski definition) is 1. The van der Waals surface area contributed by atoms with Gasteiger partial charge in [-0.1, -0.05) is 6.92 Å². The minimum absolute atomic E-state index is 0.0680. The van der Waals surface area contributed by atoms with Crippen molar-refractivity contribution < 1.29 is 4.74 Å². The number of hydrogen-bond acceptors (Lipinski definition) is 3. The summed E-state index contributed by atoms with van der Waals surface area (Å²) < 4.78 is 5.62. The van der Waals surface area contributed by atoms with Crippen molar-refractivity contribution in [2.24, 2.45) is 0 Å². The molecule has 1 aliphatic rings. The fourth-order valence-corrected chi connectivity index (χ4v) is 2.34. The van der Waals surface area contributed by atoms with E-state index in [9.17, 15) is 0 Å². The van der Waals surface area contributed by atoms with Gasteiger partial charge in [0.05, 0.1) is 5.60 Å². The van der Waals surface area contributed by atoms with Crippen molar-refractivity contribution in [1.29, 1.82) is 0 Å². The van der Waals surface area contributed by atoms with E-state index in [0.29, 0.717) is 0 Å². The van der Waals surface area contributed by atoms with Crippen LogP contribution in [0.3, 0.4) is 0 Å². The third-order valence-electron chi connectivity index (χ3n) is 4.15. The summed E-state index contributed by atoms with van der Waals surface area (Å²) in [6.45, 7) is 13.5. The molecule has 1 rings (SSSR count). The van der Waals surface area contributed by atoms with Crippen LogP contribution in [0.1, 0.15) is 47.0 Å². The van der Waals surface area contributed by atoms with Gasteiger partial charge in [-0.05, 0) is 46.6 Å². The van der Waals surface area contributed by atoms with E-state index in [-0.39, 0.29) is 11.1 Å². The van der Waals surface area contributed by atoms with Gasteiger partial charge in [-0.15, -0.1) is 0 Å². The molecule has 3 nitrogen and oxygen atoms in total. The molecule has 1 saturated heterocycles. The van der Waals surface area contributed by atoms with E-state index < -0.39 is 0 Å². The van der Waals surface area contributed by atoms with Gasteiger partial charge in [0.25, 0.3) is 0 Å². The second-order valence-electron chi connectivity index (χ2n) is 6.20. The number of nitrogens with zero attached hydrogens (tertiary/aromatic N) is 1. The lowest BCUT2D eigenvalue weighted by Gasteiger charge is -2.40. The Bertz CT molecular complexity index is 230. The van der Waals surface area contributed by atoms with E-state index in [1.165, 1.54) is 25.8 Å². The molecule has 0 aromatic heterocycles. The highest BCUT2D eigenvalue weighted by molar-refractivity contribution is 4.85. The van der Waals surface area contributed by atoms with Crippen LogP contribution in [-0.2, 0) is 4.74 Å². The van der Waals surface area contributed by atoms with Crippen molar-refractivity contribution >= 4 is 0 Å². The number of likely N-dealkylation sites (tertiary alicyclic amines) is 1. The van der Waals surface area contributed by atoms with Crippen LogP contribution in [0.15, 0.2) is 0 Å². The number of rotatable bonds is 6. The quantitative estimate of drug-likeness (QED) is 0.773. The molecule has 0 aromatic rings. The molecule has 1 aliphatic heterocycles. The predicted octanol–water partition coefficient (Wildman–Crippen LogP) is 2.27. The van der Waals surface area contributed by atoms with Crippen LogP contribution < -0.4 is 5.32 Å². The summed E-state index contributed by atoms with van der Waals surface area (Å²) in [6.07, 6.45) is 3.61. The Labute approximate surface area is 107 Å². The molecule has 1 unspecified atom stereocenters. The minimum atomic E-state index is 0.0680. The summed E-state index contributed by atoms with van der Waals surface area (Å²) in [5.41, 5.74) is 0.332. The highest BCUT2D eigenvalue weighted by atomic mass is 16.5. The van der Waals surface area contributed by atoms with Gasteiger partial charge in [-0.2, -0.15) is 0 Å². The Balaban J connectivity index is 2.28. The normalized spacial score (nSPS) is 27.4. The number of ether oxygens (including phenoxy) is 1. The van der Waals surface area contributed by atoms with Crippen molar-refractivity contribution in [3.05, 3.63) is 0 Å². The van der Waals surface area contributed by atoms with Crippen LogP contribution in [0.4, 0.5) is 0 Å². The van der Waals surface area contributed by atoms with Gasteiger partial charge >= 0.3 is 0 Å². The molecule has 3 heteroatoms. The second kappa shape index (κ2) is 6.17. The van der Waals surface area contributed by atoms with E-state index in [1.54, 1.807) is 0 Å². The Kier molecular flexibility index (Phi) is 5.42. The molecule has 0 spiro atoms. The molecule has 0 amide bonds. The standard InChI is InChI=1S/C14H30N2O/c1-6-13(2,3)15-9-11-16-10-7-8-14(4,12-16)17-5/h15H,6-12H2,1-5H3. The van der Waals surface area contributed by atoms with E-state index in [2.05, 4.69) is 37.9 Å². The molecule has 1 atom stereocenters. The second-order valence-corrected chi connectivity index (χ2v) is 6.20. The van der Waals surface area contributed by atoms with Crippen LogP contribution in [-0.4, -0.2) is 49.3 Å². The summed E-state index contributed by atoms with van der Waals surface area (Å²) in [5.74, 6) is 0. The van der Waals surface area contributed by atoms with Crippen LogP contribution >= 0.6 is 0 Å². The van der Waals surface area contributed by atoms with Crippen LogP contribution in [0, 0.1) is 0 Å². The van der Waals surface area contributed by atoms with E-state index >= 15 is 0 Å². The monoisotopic (exact) mass is 242 g/mol. The van der Waals surface area contributed by atoms with Crippen molar-refractivity contribution in [1.82, 2.24) is 10.2 Å². The maximum atomic E-state index is 5.62. The minimum Gasteiger partial charge on any atom is -0.377 e. The van der Waals surface area contributed by atoms with Gasteiger partial charge in [0.1, 0.15) is 0 Å². The third-order valence-corrected chi connectivity index (χ3v) is 4.15. The molecule has 102 valence electrons. The lowest BCUT2D eigenvalue weighted by atomic mass is 9.95. The number of nitrogens with one attached hydrogen (secondary N) is 1. The Hall–Kier alpha value is -0.120. The summed E-state index contributed by atoms with van der Waals surface area (Å²) in [5, 5.41) is 3.62. The van der Waals surface area contributed by atoms with Gasteiger partial charge in [-0.25, -0.2) is 0 Å². The lowest BCUT2D eigenvalue weighted by molar-refractivity contribution is -0.0504.